The molecular weight excluding hydrogens is 494 g/mol. The van der Waals surface area contributed by atoms with Crippen LogP contribution in [-0.2, 0) is 13.2 Å². The van der Waals surface area contributed by atoms with Crippen LogP contribution in [0.2, 0.25) is 0 Å². The van der Waals surface area contributed by atoms with Gasteiger partial charge in [-0.2, -0.15) is 0 Å². The highest BCUT2D eigenvalue weighted by Gasteiger charge is 2.39. The highest BCUT2D eigenvalue weighted by Crippen LogP contribution is 2.27. The van der Waals surface area contributed by atoms with E-state index in [-0.39, 0.29) is 54.5 Å². The predicted molar refractivity (Wildman–Crippen MR) is 136 cm³/mol. The lowest BCUT2D eigenvalue weighted by atomic mass is 10.1. The first-order valence-corrected chi connectivity index (χ1v) is 12.2. The van der Waals surface area contributed by atoms with E-state index in [4.69, 9.17) is 4.74 Å². The van der Waals surface area contributed by atoms with Gasteiger partial charge in [-0.25, -0.2) is 8.78 Å². The highest BCUT2D eigenvalue weighted by atomic mass is 19.1. The number of pyridine rings is 1. The van der Waals surface area contributed by atoms with Gasteiger partial charge in [0.15, 0.2) is 11.4 Å². The molecule has 0 saturated heterocycles. The number of carbonyl (C=O) groups excluding carboxylic acids is 2. The molecule has 2 amide bonds. The van der Waals surface area contributed by atoms with Crippen molar-refractivity contribution in [1.82, 2.24) is 14.9 Å². The van der Waals surface area contributed by atoms with Crippen LogP contribution in [-0.4, -0.2) is 40.1 Å². The van der Waals surface area contributed by atoms with E-state index in [2.05, 4.69) is 5.32 Å². The molecule has 3 aromatic rings. The Morgan fingerprint density at radius 3 is 2.53 bits per heavy atom. The molecule has 38 heavy (non-hydrogen) atoms. The van der Waals surface area contributed by atoms with Crippen molar-refractivity contribution in [3.63, 3.8) is 0 Å². The quantitative estimate of drug-likeness (QED) is 0.505. The largest absolute Gasteiger partial charge is 0.482 e. The number of amides is 2. The van der Waals surface area contributed by atoms with E-state index in [1.165, 1.54) is 16.9 Å². The molecule has 3 heterocycles. The van der Waals surface area contributed by atoms with E-state index in [0.29, 0.717) is 0 Å². The minimum Gasteiger partial charge on any atom is -0.482 e. The van der Waals surface area contributed by atoms with Gasteiger partial charge in [0.1, 0.15) is 30.5 Å². The fourth-order valence-corrected chi connectivity index (χ4v) is 4.53. The van der Waals surface area contributed by atoms with Gasteiger partial charge in [-0.1, -0.05) is 48.6 Å². The molecule has 0 fully saturated rings. The van der Waals surface area contributed by atoms with Gasteiger partial charge in [-0.15, -0.1) is 0 Å². The maximum atomic E-state index is 14.1. The summed E-state index contributed by atoms with van der Waals surface area (Å²) >= 11 is 0. The van der Waals surface area contributed by atoms with Gasteiger partial charge in [0.05, 0.1) is 6.04 Å². The topological polar surface area (TPSA) is 83.9 Å². The second-order valence-electron chi connectivity index (χ2n) is 9.31. The lowest BCUT2D eigenvalue weighted by Gasteiger charge is -2.42. The monoisotopic (exact) mass is 520 g/mol. The second kappa shape index (κ2) is 10.1. The average Bonchev–Trinajstić information content (AvgIpc) is 3.03. The fourth-order valence-electron chi connectivity index (χ4n) is 4.53. The number of carbonyl (C=O) groups is 2. The van der Waals surface area contributed by atoms with Crippen molar-refractivity contribution in [2.75, 3.05) is 11.7 Å². The van der Waals surface area contributed by atoms with E-state index in [9.17, 15) is 23.2 Å². The van der Waals surface area contributed by atoms with E-state index < -0.39 is 28.9 Å². The molecule has 0 spiro atoms. The van der Waals surface area contributed by atoms with Crippen molar-refractivity contribution >= 4 is 11.8 Å². The summed E-state index contributed by atoms with van der Waals surface area (Å²) in [6, 6.07) is 11.8. The van der Waals surface area contributed by atoms with E-state index in [1.54, 1.807) is 4.90 Å². The van der Waals surface area contributed by atoms with Crippen LogP contribution < -0.4 is 20.5 Å². The van der Waals surface area contributed by atoms with E-state index in [0.717, 1.165) is 17.7 Å². The van der Waals surface area contributed by atoms with Gasteiger partial charge in [0.2, 0.25) is 5.43 Å². The molecule has 10 heteroatoms. The third kappa shape index (κ3) is 4.65. The summed E-state index contributed by atoms with van der Waals surface area (Å²) in [6.07, 6.45) is 5.19. The average molecular weight is 521 g/mol. The zero-order valence-corrected chi connectivity index (χ0v) is 20.9. The highest BCUT2D eigenvalue weighted by molar-refractivity contribution is 5.99. The lowest BCUT2D eigenvalue weighted by Crippen LogP contribution is -2.57. The smallest absolute Gasteiger partial charge is 0.278 e. The van der Waals surface area contributed by atoms with Crippen LogP contribution >= 0.6 is 0 Å². The number of aromatic nitrogens is 1. The molecule has 1 aromatic heterocycles. The second-order valence-corrected chi connectivity index (χ2v) is 9.31. The van der Waals surface area contributed by atoms with Gasteiger partial charge in [-0.05, 0) is 25.5 Å². The summed E-state index contributed by atoms with van der Waals surface area (Å²) in [4.78, 5) is 42.0. The molecule has 5 rings (SSSR count). The number of fused-ring (bicyclic) bond motifs is 4. The molecule has 1 N–H and O–H groups in total. The normalized spacial score (nSPS) is 18.2. The molecule has 2 atom stereocenters. The van der Waals surface area contributed by atoms with Crippen LogP contribution in [0.25, 0.3) is 0 Å². The summed E-state index contributed by atoms with van der Waals surface area (Å²) in [7, 11) is 0. The number of halogens is 2. The van der Waals surface area contributed by atoms with Crippen molar-refractivity contribution in [1.29, 1.82) is 0 Å². The summed E-state index contributed by atoms with van der Waals surface area (Å²) in [5, 5.41) is 4.37. The molecule has 196 valence electrons. The lowest BCUT2D eigenvalue weighted by molar-refractivity contribution is 0.0649. The zero-order valence-electron chi connectivity index (χ0n) is 20.9. The Kier molecular flexibility index (Phi) is 6.71. The van der Waals surface area contributed by atoms with Crippen molar-refractivity contribution in [2.45, 2.75) is 39.1 Å². The van der Waals surface area contributed by atoms with Crippen LogP contribution in [0, 0.1) is 11.6 Å². The summed E-state index contributed by atoms with van der Waals surface area (Å²) in [5.41, 5.74) is -0.164. The van der Waals surface area contributed by atoms with E-state index in [1.807, 2.05) is 61.3 Å². The first-order chi connectivity index (χ1) is 18.2. The molecule has 2 aliphatic rings. The Morgan fingerprint density at radius 1 is 1.05 bits per heavy atom. The molecule has 2 bridgehead atoms. The van der Waals surface area contributed by atoms with Gasteiger partial charge >= 0.3 is 0 Å². The first kappa shape index (κ1) is 25.2. The number of nitrogens with zero attached hydrogens (tertiary/aromatic N) is 3. The molecule has 0 radical (unpaired) electrons. The summed E-state index contributed by atoms with van der Waals surface area (Å²) < 4.78 is 34.8. The third-order valence-corrected chi connectivity index (χ3v) is 6.74. The molecule has 0 unspecified atom stereocenters. The standard InChI is InChI=1S/C28H26F2N4O4/c1-17-8-9-18(2)34-16-32(17)28(37)24-26(38-15-19-6-4-3-5-7-19)25(35)22(14-33(24)34)27(36)31-13-20-10-11-21(29)12-23(20)30/h3-12,14,17-18H,13,15-16H2,1-2H3,(H,31,36)/t17-,18-/m1/s1. The maximum Gasteiger partial charge on any atom is 0.278 e. The summed E-state index contributed by atoms with van der Waals surface area (Å²) in [6.45, 7) is 3.81. The van der Waals surface area contributed by atoms with Gasteiger partial charge in [0.25, 0.3) is 11.8 Å². The van der Waals surface area contributed by atoms with Crippen molar-refractivity contribution < 1.29 is 23.1 Å². The van der Waals surface area contributed by atoms with Crippen molar-refractivity contribution in [3.8, 4) is 5.75 Å². The molecule has 0 saturated carbocycles. The number of rotatable bonds is 6. The maximum absolute atomic E-state index is 14.1. The minimum atomic E-state index is -0.815. The minimum absolute atomic E-state index is 0.00554. The Labute approximate surface area is 217 Å². The van der Waals surface area contributed by atoms with Crippen LogP contribution in [0.4, 0.5) is 8.78 Å². The predicted octanol–water partition coefficient (Wildman–Crippen LogP) is 3.33. The summed E-state index contributed by atoms with van der Waals surface area (Å²) in [5.74, 6) is -2.97. The Balaban J connectivity index is 1.56. The van der Waals surface area contributed by atoms with Crippen molar-refractivity contribution in [2.24, 2.45) is 0 Å². The number of nitrogens with one attached hydrogen (secondary N) is 1. The van der Waals surface area contributed by atoms with Crippen LogP contribution in [0.15, 0.2) is 71.7 Å². The molecular formula is C28H26F2N4O4. The van der Waals surface area contributed by atoms with Gasteiger partial charge in [0, 0.05) is 30.4 Å². The number of ether oxygens (including phenoxy) is 1. The number of hydrogen-bond donors (Lipinski definition) is 1. The molecule has 2 aliphatic heterocycles. The third-order valence-electron chi connectivity index (χ3n) is 6.74. The molecule has 2 aromatic carbocycles. The number of benzene rings is 2. The van der Waals surface area contributed by atoms with Crippen molar-refractivity contribution in [3.05, 3.63) is 111 Å². The Hall–Kier alpha value is -4.47. The Bertz CT molecular complexity index is 1490. The number of hydrogen-bond acceptors (Lipinski definition) is 5. The van der Waals surface area contributed by atoms with E-state index >= 15 is 0 Å². The van der Waals surface area contributed by atoms with Gasteiger partial charge < -0.3 is 15.0 Å². The SMILES string of the molecule is C[C@@H]1C=C[C@@H](C)N2CN1C(=O)c1c(OCc3ccccc3)c(=O)c(C(=O)NCc3ccc(F)cc3F)cn12. The van der Waals surface area contributed by atoms with Gasteiger partial charge in [-0.3, -0.25) is 24.1 Å². The van der Waals surface area contributed by atoms with Crippen LogP contribution in [0.5, 0.6) is 5.75 Å². The fraction of sp³-hybridized carbons (Fsp3) is 0.250. The Morgan fingerprint density at radius 2 is 1.79 bits per heavy atom. The zero-order chi connectivity index (χ0) is 27.0. The molecule has 8 nitrogen and oxygen atoms in total. The van der Waals surface area contributed by atoms with Crippen LogP contribution in [0.1, 0.15) is 45.8 Å². The van der Waals surface area contributed by atoms with Crippen LogP contribution in [0.3, 0.4) is 0 Å². The molecule has 0 aliphatic carbocycles. The first-order valence-electron chi connectivity index (χ1n) is 12.2.